The van der Waals surface area contributed by atoms with Crippen molar-refractivity contribution >= 4 is 0 Å². The molecule has 4 aliphatic heterocycles. The van der Waals surface area contributed by atoms with E-state index in [-0.39, 0.29) is 96.0 Å². The van der Waals surface area contributed by atoms with Gasteiger partial charge in [0, 0.05) is 44.5 Å². The van der Waals surface area contributed by atoms with E-state index in [9.17, 15) is 35.1 Å². The number of ether oxygens (including phenoxy) is 4. The van der Waals surface area contributed by atoms with Crippen molar-refractivity contribution in [2.75, 3.05) is 0 Å². The molecule has 0 saturated carbocycles. The van der Waals surface area contributed by atoms with Gasteiger partial charge in [-0.05, 0) is 122 Å². The molecule has 12 heteroatoms. The summed E-state index contributed by atoms with van der Waals surface area (Å²) in [7, 11) is 0. The van der Waals surface area contributed by atoms with Gasteiger partial charge in [0.2, 0.25) is 0 Å². The van der Waals surface area contributed by atoms with Gasteiger partial charge in [0.05, 0.1) is 0 Å². The third-order valence-corrected chi connectivity index (χ3v) is 13.5. The molecule has 72 heavy (non-hydrogen) atoms. The van der Waals surface area contributed by atoms with Crippen molar-refractivity contribution in [3.05, 3.63) is 210 Å². The van der Waals surface area contributed by atoms with Gasteiger partial charge in [-0.2, -0.15) is 0 Å². The van der Waals surface area contributed by atoms with E-state index in [1.54, 1.807) is 128 Å². The summed E-state index contributed by atoms with van der Waals surface area (Å²) in [6.45, 7) is 13.9. The van der Waals surface area contributed by atoms with Crippen LogP contribution in [-0.4, -0.2) is 0 Å². The second-order valence-electron chi connectivity index (χ2n) is 18.3. The third kappa shape index (κ3) is 8.70. The lowest BCUT2D eigenvalue weighted by Gasteiger charge is -2.22. The number of rotatable bonds is 0. The quantitative estimate of drug-likeness (QED) is 0.142. The van der Waals surface area contributed by atoms with E-state index in [0.717, 1.165) is 22.3 Å². The molecule has 0 amide bonds. The molecule has 0 radical (unpaired) electrons. The highest BCUT2D eigenvalue weighted by atomic mass is 19.2. The Balaban J connectivity index is 0.000000119. The van der Waals surface area contributed by atoms with E-state index >= 15 is 0 Å². The average molecular weight is 985 g/mol. The number of aryl methyl sites for hydroxylation is 8. The zero-order valence-electron chi connectivity index (χ0n) is 40.7. The van der Waals surface area contributed by atoms with Crippen LogP contribution in [0.1, 0.15) is 66.8 Å². The van der Waals surface area contributed by atoms with Crippen molar-refractivity contribution in [2.45, 2.75) is 81.8 Å². The fourth-order valence-electron chi connectivity index (χ4n) is 9.14. The monoisotopic (exact) mass is 984 g/mol. The molecule has 0 bridgehead atoms. The van der Waals surface area contributed by atoms with Gasteiger partial charge in [-0.25, -0.2) is 35.1 Å². The Kier molecular flexibility index (Phi) is 13.4. The molecule has 4 heterocycles. The summed E-state index contributed by atoms with van der Waals surface area (Å²) in [6.07, 6.45) is 0. The molecule has 4 aliphatic rings. The van der Waals surface area contributed by atoms with Crippen molar-refractivity contribution < 1.29 is 54.1 Å². The number of hydrogen-bond acceptors (Lipinski definition) is 4. The second kappa shape index (κ2) is 19.5. The molecule has 0 unspecified atom stereocenters. The smallest absolute Gasteiger partial charge is 0.168 e. The van der Waals surface area contributed by atoms with Gasteiger partial charge < -0.3 is 18.9 Å². The van der Waals surface area contributed by atoms with Crippen LogP contribution in [0.4, 0.5) is 35.1 Å². The van der Waals surface area contributed by atoms with Crippen LogP contribution in [0.3, 0.4) is 0 Å². The normalized spacial score (nSPS) is 12.7. The topological polar surface area (TPSA) is 36.9 Å². The zero-order valence-corrected chi connectivity index (χ0v) is 40.7. The standard InChI is InChI=1S/4C15H12F2O/c4*1-8-3-5-10-11-6-4-9(2)14(17)15(11)18-7-12(10)13(8)16/h4*3-6H,7H2,1-2H3. The Labute approximate surface area is 412 Å². The average Bonchev–Trinajstić information content (AvgIpc) is 3.38. The Bertz CT molecular complexity index is 2820. The van der Waals surface area contributed by atoms with Gasteiger partial charge in [0.15, 0.2) is 46.3 Å². The maximum atomic E-state index is 14.0. The maximum Gasteiger partial charge on any atom is 0.168 e. The van der Waals surface area contributed by atoms with Gasteiger partial charge in [0.1, 0.15) is 49.7 Å². The Hall–Kier alpha value is -7.60. The van der Waals surface area contributed by atoms with Crippen LogP contribution < -0.4 is 18.9 Å². The summed E-state index contributed by atoms with van der Waals surface area (Å²) in [4.78, 5) is 0. The molecule has 0 atom stereocenters. The van der Waals surface area contributed by atoms with Crippen LogP contribution in [0.2, 0.25) is 0 Å². The van der Waals surface area contributed by atoms with E-state index in [4.69, 9.17) is 18.9 Å². The molecule has 0 spiro atoms. The molecule has 0 N–H and O–H groups in total. The third-order valence-electron chi connectivity index (χ3n) is 13.5. The van der Waals surface area contributed by atoms with Gasteiger partial charge in [-0.1, -0.05) is 97.1 Å². The van der Waals surface area contributed by atoms with Crippen LogP contribution >= 0.6 is 0 Å². The van der Waals surface area contributed by atoms with Crippen molar-refractivity contribution in [3.8, 4) is 67.5 Å². The lowest BCUT2D eigenvalue weighted by atomic mass is 9.94. The fourth-order valence-corrected chi connectivity index (χ4v) is 9.14. The van der Waals surface area contributed by atoms with Crippen molar-refractivity contribution in [1.29, 1.82) is 0 Å². The van der Waals surface area contributed by atoms with Gasteiger partial charge in [-0.3, -0.25) is 0 Å². The number of fused-ring (bicyclic) bond motifs is 12. The summed E-state index contributed by atoms with van der Waals surface area (Å²) in [5.74, 6) is -1.60. The lowest BCUT2D eigenvalue weighted by Crippen LogP contribution is -2.10. The van der Waals surface area contributed by atoms with Crippen LogP contribution in [0, 0.1) is 102 Å². The Morgan fingerprint density at radius 3 is 0.556 bits per heavy atom. The molecular formula is C60H48F8O4. The van der Waals surface area contributed by atoms with Gasteiger partial charge >= 0.3 is 0 Å². The van der Waals surface area contributed by atoms with E-state index in [1.807, 2.05) is 24.3 Å². The molecule has 12 rings (SSSR count). The summed E-state index contributed by atoms with van der Waals surface area (Å²) in [5.41, 5.74) is 11.8. The highest BCUT2D eigenvalue weighted by Crippen LogP contribution is 2.45. The van der Waals surface area contributed by atoms with E-state index in [2.05, 4.69) is 0 Å². The molecule has 4 nitrogen and oxygen atoms in total. The number of hydrogen-bond donors (Lipinski definition) is 0. The first kappa shape index (κ1) is 49.4. The molecule has 0 saturated heterocycles. The predicted octanol–water partition coefficient (Wildman–Crippen LogP) is 16.6. The minimum absolute atomic E-state index is 0.0796. The summed E-state index contributed by atoms with van der Waals surface area (Å²) in [5, 5.41) is 0. The minimum Gasteiger partial charge on any atom is -0.485 e. The maximum absolute atomic E-state index is 14.0. The van der Waals surface area contributed by atoms with Gasteiger partial charge in [0.25, 0.3) is 0 Å². The van der Waals surface area contributed by atoms with Crippen molar-refractivity contribution in [1.82, 2.24) is 0 Å². The first-order valence-corrected chi connectivity index (χ1v) is 23.2. The highest BCUT2D eigenvalue weighted by molar-refractivity contribution is 5.79. The second-order valence-corrected chi connectivity index (χ2v) is 18.3. The molecule has 8 aromatic rings. The largest absolute Gasteiger partial charge is 0.485 e. The molecular weight excluding hydrogens is 937 g/mol. The minimum atomic E-state index is -0.362. The number of halogens is 8. The van der Waals surface area contributed by atoms with Crippen molar-refractivity contribution in [2.24, 2.45) is 0 Å². The van der Waals surface area contributed by atoms with Gasteiger partial charge in [-0.15, -0.1) is 0 Å². The number of benzene rings is 8. The molecule has 0 aliphatic carbocycles. The molecule has 0 fully saturated rings. The zero-order chi connectivity index (χ0) is 51.4. The summed E-state index contributed by atoms with van der Waals surface area (Å²) < 4.78 is 133. The summed E-state index contributed by atoms with van der Waals surface area (Å²) >= 11 is 0. The first-order chi connectivity index (χ1) is 34.4. The molecule has 0 aromatic heterocycles. The fraction of sp³-hybridized carbons (Fsp3) is 0.200. The van der Waals surface area contributed by atoms with Crippen LogP contribution in [0.25, 0.3) is 44.5 Å². The Morgan fingerprint density at radius 1 is 0.222 bits per heavy atom. The SMILES string of the molecule is Cc1ccc2c(c1F)COc1c-2ccc(C)c1F.Cc1ccc2c(c1F)COc1c-2ccc(C)c1F.Cc1ccc2c(c1F)COc1c-2ccc(C)c1F.Cc1ccc2c(c1F)COc1c-2ccc(C)c1F. The van der Waals surface area contributed by atoms with Crippen LogP contribution in [0.15, 0.2) is 97.1 Å². The Morgan fingerprint density at radius 2 is 0.375 bits per heavy atom. The molecule has 368 valence electrons. The predicted molar refractivity (Wildman–Crippen MR) is 262 cm³/mol. The van der Waals surface area contributed by atoms with E-state index < -0.39 is 0 Å². The van der Waals surface area contributed by atoms with E-state index in [0.29, 0.717) is 89.0 Å². The first-order valence-electron chi connectivity index (χ1n) is 23.2. The van der Waals surface area contributed by atoms with E-state index in [1.165, 1.54) is 0 Å². The summed E-state index contributed by atoms with van der Waals surface area (Å²) in [6, 6.07) is 28.0. The highest BCUT2D eigenvalue weighted by Gasteiger charge is 2.28. The lowest BCUT2D eigenvalue weighted by molar-refractivity contribution is 0.280. The molecule has 8 aromatic carbocycles. The van der Waals surface area contributed by atoms with Crippen molar-refractivity contribution in [3.63, 3.8) is 0 Å². The van der Waals surface area contributed by atoms with Crippen LogP contribution in [0.5, 0.6) is 23.0 Å². The van der Waals surface area contributed by atoms with Crippen LogP contribution in [-0.2, 0) is 26.4 Å².